The number of urea groups is 1. The van der Waals surface area contributed by atoms with E-state index in [1.54, 1.807) is 0 Å². The van der Waals surface area contributed by atoms with E-state index >= 15 is 0 Å². The van der Waals surface area contributed by atoms with Crippen LogP contribution in [0.5, 0.6) is 0 Å². The second-order valence-electron chi connectivity index (χ2n) is 9.17. The highest BCUT2D eigenvalue weighted by Gasteiger charge is 2.51. The van der Waals surface area contributed by atoms with Crippen LogP contribution < -0.4 is 10.6 Å². The van der Waals surface area contributed by atoms with Gasteiger partial charge in [-0.05, 0) is 74.8 Å². The average molecular weight is 402 g/mol. The van der Waals surface area contributed by atoms with E-state index in [2.05, 4.69) is 10.6 Å². The fourth-order valence-corrected chi connectivity index (χ4v) is 5.97. The molecule has 3 N–H and O–H groups in total. The lowest BCUT2D eigenvalue weighted by Crippen LogP contribution is -2.62. The van der Waals surface area contributed by atoms with E-state index in [9.17, 15) is 4.79 Å². The van der Waals surface area contributed by atoms with E-state index in [1.807, 2.05) is 49.4 Å². The quantitative estimate of drug-likeness (QED) is 0.564. The van der Waals surface area contributed by atoms with Crippen molar-refractivity contribution < 1.29 is 4.79 Å². The number of nitrogens with one attached hydrogen (secondary N) is 3. The largest absolute Gasteiger partial charge is 0.335 e. The van der Waals surface area contributed by atoms with Gasteiger partial charge in [-0.3, -0.25) is 0 Å². The molecule has 2 amide bonds. The van der Waals surface area contributed by atoms with Crippen molar-refractivity contribution >= 4 is 30.2 Å². The van der Waals surface area contributed by atoms with Crippen LogP contribution in [0.25, 0.3) is 6.08 Å². The summed E-state index contributed by atoms with van der Waals surface area (Å²) in [7, 11) is 0. The van der Waals surface area contributed by atoms with Gasteiger partial charge in [0, 0.05) is 23.7 Å². The van der Waals surface area contributed by atoms with Gasteiger partial charge < -0.3 is 16.0 Å². The molecule has 0 saturated heterocycles. The average Bonchev–Trinajstić information content (AvgIpc) is 2.59. The molecule has 5 rings (SSSR count). The molecule has 4 bridgehead atoms. The predicted molar refractivity (Wildman–Crippen MR) is 117 cm³/mol. The smallest absolute Gasteiger partial charge is 0.315 e. The van der Waals surface area contributed by atoms with E-state index < -0.39 is 0 Å². The van der Waals surface area contributed by atoms with Gasteiger partial charge in [-0.2, -0.15) is 0 Å². The van der Waals surface area contributed by atoms with Gasteiger partial charge in [0.15, 0.2) is 0 Å². The Balaban J connectivity index is 0.00000225. The molecule has 152 valence electrons. The summed E-state index contributed by atoms with van der Waals surface area (Å²) < 4.78 is 0. The van der Waals surface area contributed by atoms with Crippen molar-refractivity contribution in [2.75, 3.05) is 0 Å². The molecule has 4 fully saturated rings. The number of hydrogen-bond donors (Lipinski definition) is 3. The van der Waals surface area contributed by atoms with Crippen molar-refractivity contribution in [3.05, 3.63) is 42.0 Å². The van der Waals surface area contributed by atoms with Gasteiger partial charge in [0.25, 0.3) is 0 Å². The van der Waals surface area contributed by atoms with Crippen LogP contribution in [0.3, 0.4) is 0 Å². The molecule has 0 unspecified atom stereocenters. The first kappa shape index (κ1) is 20.9. The zero-order chi connectivity index (χ0) is 18.9. The lowest BCUT2D eigenvalue weighted by atomic mass is 9.53. The number of halogens is 1. The van der Waals surface area contributed by atoms with E-state index in [1.165, 1.54) is 19.3 Å². The standard InChI is InChI=1S/C23H31N3O.ClH/c1-16(9-21(24)8-7-17-5-3-2-4-6-17)25-22(27)26-23-13-18-10-19(14-23)12-20(11-18)15-23;/h2-8,16,18-20,24H,9-15H2,1H3,(H2,25,26,27);1H/t16-,18?,19?,20?,23?;/m0./s1. The SMILES string of the molecule is C[C@@H](CC(=N)C=Cc1ccccc1)NC(=O)NC12CC3CC(CC(C3)C1)C2.Cl. The number of amides is 2. The summed E-state index contributed by atoms with van der Waals surface area (Å²) in [4.78, 5) is 12.6. The third-order valence-corrected chi connectivity index (χ3v) is 6.60. The maximum atomic E-state index is 12.6. The molecular weight excluding hydrogens is 370 g/mol. The number of benzene rings is 1. The Morgan fingerprint density at radius 1 is 1.14 bits per heavy atom. The first-order valence-electron chi connectivity index (χ1n) is 10.4. The second-order valence-corrected chi connectivity index (χ2v) is 9.17. The van der Waals surface area contributed by atoms with E-state index in [4.69, 9.17) is 5.41 Å². The van der Waals surface area contributed by atoms with Crippen molar-refractivity contribution in [1.82, 2.24) is 10.6 Å². The number of carbonyl (C=O) groups is 1. The lowest BCUT2D eigenvalue weighted by Gasteiger charge is -2.56. The zero-order valence-electron chi connectivity index (χ0n) is 16.6. The minimum absolute atomic E-state index is 0. The van der Waals surface area contributed by atoms with Crippen molar-refractivity contribution in [1.29, 1.82) is 5.41 Å². The van der Waals surface area contributed by atoms with Crippen LogP contribution in [0, 0.1) is 23.2 Å². The fraction of sp³-hybridized carbons (Fsp3) is 0.565. The molecule has 4 nitrogen and oxygen atoms in total. The monoisotopic (exact) mass is 401 g/mol. The first-order chi connectivity index (χ1) is 13.0. The summed E-state index contributed by atoms with van der Waals surface area (Å²) in [5, 5.41) is 14.6. The summed E-state index contributed by atoms with van der Waals surface area (Å²) >= 11 is 0. The fourth-order valence-electron chi connectivity index (χ4n) is 5.97. The molecule has 0 aliphatic heterocycles. The van der Waals surface area contributed by atoms with Crippen LogP contribution in [0.2, 0.25) is 0 Å². The number of hydrogen-bond acceptors (Lipinski definition) is 2. The molecule has 4 aliphatic carbocycles. The van der Waals surface area contributed by atoms with Crippen LogP contribution in [0.4, 0.5) is 4.79 Å². The minimum Gasteiger partial charge on any atom is -0.335 e. The van der Waals surface area contributed by atoms with Gasteiger partial charge in [-0.1, -0.05) is 36.4 Å². The van der Waals surface area contributed by atoms with Crippen molar-refractivity contribution in [2.24, 2.45) is 17.8 Å². The van der Waals surface area contributed by atoms with Crippen molar-refractivity contribution in [3.63, 3.8) is 0 Å². The van der Waals surface area contributed by atoms with Gasteiger partial charge in [0.05, 0.1) is 0 Å². The van der Waals surface area contributed by atoms with Gasteiger partial charge >= 0.3 is 6.03 Å². The predicted octanol–water partition coefficient (Wildman–Crippen LogP) is 5.19. The third-order valence-electron chi connectivity index (χ3n) is 6.60. The topological polar surface area (TPSA) is 65.0 Å². The molecule has 28 heavy (non-hydrogen) atoms. The highest BCUT2D eigenvalue weighted by atomic mass is 35.5. The summed E-state index contributed by atoms with van der Waals surface area (Å²) in [5.41, 5.74) is 1.66. The maximum Gasteiger partial charge on any atom is 0.315 e. The molecular formula is C23H32ClN3O. The highest BCUT2D eigenvalue weighted by molar-refractivity contribution is 5.96. The Kier molecular flexibility index (Phi) is 6.49. The Hall–Kier alpha value is -1.81. The summed E-state index contributed by atoms with van der Waals surface area (Å²) in [5.74, 6) is 2.47. The second kappa shape index (κ2) is 8.69. The molecule has 1 aromatic rings. The summed E-state index contributed by atoms with van der Waals surface area (Å²) in [6, 6.07) is 9.90. The Bertz CT molecular complexity index is 695. The normalized spacial score (nSPS) is 31.2. The molecule has 0 heterocycles. The molecule has 1 atom stereocenters. The Labute approximate surface area is 174 Å². The molecule has 0 spiro atoms. The zero-order valence-corrected chi connectivity index (χ0v) is 17.4. The lowest BCUT2D eigenvalue weighted by molar-refractivity contribution is -0.0136. The molecule has 0 radical (unpaired) electrons. The van der Waals surface area contributed by atoms with Gasteiger partial charge in [0.1, 0.15) is 0 Å². The van der Waals surface area contributed by atoms with Crippen molar-refractivity contribution in [2.45, 2.75) is 63.5 Å². The van der Waals surface area contributed by atoms with Gasteiger partial charge in [-0.15, -0.1) is 12.4 Å². The number of carbonyl (C=O) groups excluding carboxylic acids is 1. The Morgan fingerprint density at radius 2 is 1.71 bits per heavy atom. The summed E-state index contributed by atoms with van der Waals surface area (Å²) in [6.07, 6.45) is 11.9. The van der Waals surface area contributed by atoms with Crippen molar-refractivity contribution in [3.8, 4) is 0 Å². The highest BCUT2D eigenvalue weighted by Crippen LogP contribution is 2.55. The van der Waals surface area contributed by atoms with Crippen LogP contribution in [0.15, 0.2) is 36.4 Å². The van der Waals surface area contributed by atoms with Crippen LogP contribution in [-0.2, 0) is 0 Å². The molecule has 5 heteroatoms. The Morgan fingerprint density at radius 3 is 2.29 bits per heavy atom. The number of allylic oxidation sites excluding steroid dienone is 1. The van der Waals surface area contributed by atoms with Gasteiger partial charge in [0.2, 0.25) is 0 Å². The maximum absolute atomic E-state index is 12.6. The molecule has 4 aliphatic rings. The van der Waals surface area contributed by atoms with Crippen LogP contribution in [0.1, 0.15) is 57.4 Å². The van der Waals surface area contributed by atoms with Crippen LogP contribution in [-0.4, -0.2) is 23.3 Å². The summed E-state index contributed by atoms with van der Waals surface area (Å²) in [6.45, 7) is 1.98. The van der Waals surface area contributed by atoms with Crippen LogP contribution >= 0.6 is 12.4 Å². The van der Waals surface area contributed by atoms with E-state index in [0.717, 1.165) is 42.6 Å². The molecule has 1 aromatic carbocycles. The van der Waals surface area contributed by atoms with E-state index in [0.29, 0.717) is 12.1 Å². The molecule has 4 saturated carbocycles. The first-order valence-corrected chi connectivity index (χ1v) is 10.4. The number of rotatable bonds is 6. The third kappa shape index (κ3) is 4.96. The molecule has 0 aromatic heterocycles. The minimum atomic E-state index is -0.0516. The van der Waals surface area contributed by atoms with Gasteiger partial charge in [-0.25, -0.2) is 4.79 Å². The van der Waals surface area contributed by atoms with E-state index in [-0.39, 0.29) is 30.0 Å².